The molecule has 0 saturated carbocycles. The van der Waals surface area contributed by atoms with E-state index in [1.54, 1.807) is 24.1 Å². The number of halogens is 1. The van der Waals surface area contributed by atoms with Crippen LogP contribution >= 0.6 is 0 Å². The predicted molar refractivity (Wildman–Crippen MR) is 95.4 cm³/mol. The first kappa shape index (κ1) is 17.4. The van der Waals surface area contributed by atoms with Gasteiger partial charge < -0.3 is 14.4 Å². The number of likely N-dealkylation sites (tertiary alicyclic amines) is 1. The van der Waals surface area contributed by atoms with Gasteiger partial charge in [0.25, 0.3) is 5.91 Å². The largest absolute Gasteiger partial charge is 0.448 e. The van der Waals surface area contributed by atoms with Crippen molar-refractivity contribution < 1.29 is 18.7 Å². The number of aliphatic hydroxyl groups is 1. The third kappa shape index (κ3) is 3.46. The normalized spacial score (nSPS) is 19.0. The molecule has 1 N–H and O–H groups in total. The van der Waals surface area contributed by atoms with Gasteiger partial charge in [-0.2, -0.15) is 0 Å². The average molecular weight is 367 g/mol. The number of rotatable bonds is 4. The number of β-amino-alcohol motifs (C(OH)–C–C–N with tert-alkyl or cyclic N) is 1. The number of carbonyl (C=O) groups is 1. The van der Waals surface area contributed by atoms with Crippen LogP contribution in [0.15, 0.2) is 53.3 Å². The van der Waals surface area contributed by atoms with Gasteiger partial charge in [-0.3, -0.25) is 9.78 Å². The molecule has 0 aliphatic carbocycles. The lowest BCUT2D eigenvalue weighted by molar-refractivity contribution is -0.0360. The summed E-state index contributed by atoms with van der Waals surface area (Å²) in [5.41, 5.74) is 2.51. The van der Waals surface area contributed by atoms with Crippen molar-refractivity contribution in [2.45, 2.75) is 25.5 Å². The summed E-state index contributed by atoms with van der Waals surface area (Å²) in [5, 5.41) is 9.54. The Kier molecular flexibility index (Phi) is 4.45. The molecule has 1 aromatic carbocycles. The Morgan fingerprint density at radius 2 is 2.19 bits per heavy atom. The number of aromatic nitrogens is 2. The van der Waals surface area contributed by atoms with Crippen molar-refractivity contribution in [2.24, 2.45) is 0 Å². The van der Waals surface area contributed by atoms with Gasteiger partial charge in [0.05, 0.1) is 18.6 Å². The Bertz CT molecular complexity index is 971. The summed E-state index contributed by atoms with van der Waals surface area (Å²) in [5.74, 6) is -0.159. The van der Waals surface area contributed by atoms with Crippen LogP contribution in [0.25, 0.3) is 11.1 Å². The number of carbonyl (C=O) groups excluding carboxylic acids is 1. The molecule has 3 aromatic rings. The number of amides is 1. The van der Waals surface area contributed by atoms with Crippen molar-refractivity contribution >= 4 is 5.91 Å². The summed E-state index contributed by atoms with van der Waals surface area (Å²) in [6.07, 6.45) is 2.86. The van der Waals surface area contributed by atoms with Gasteiger partial charge in [0.15, 0.2) is 5.69 Å². The fourth-order valence-corrected chi connectivity index (χ4v) is 3.02. The average Bonchev–Trinajstić information content (AvgIpc) is 3.14. The predicted octanol–water partition coefficient (Wildman–Crippen LogP) is 2.67. The number of hydrogen-bond donors (Lipinski definition) is 1. The molecule has 6 nitrogen and oxygen atoms in total. The minimum atomic E-state index is -0.485. The van der Waals surface area contributed by atoms with E-state index in [0.29, 0.717) is 18.9 Å². The second-order valence-corrected chi connectivity index (χ2v) is 6.62. The van der Waals surface area contributed by atoms with Crippen LogP contribution in [0.4, 0.5) is 4.39 Å². The highest BCUT2D eigenvalue weighted by atomic mass is 19.1. The maximum Gasteiger partial charge on any atom is 0.276 e. The first-order valence-corrected chi connectivity index (χ1v) is 8.65. The van der Waals surface area contributed by atoms with Gasteiger partial charge >= 0.3 is 0 Å². The topological polar surface area (TPSA) is 79.5 Å². The van der Waals surface area contributed by atoms with Crippen LogP contribution in [0, 0.1) is 5.82 Å². The van der Waals surface area contributed by atoms with Gasteiger partial charge in [0.1, 0.15) is 12.1 Å². The van der Waals surface area contributed by atoms with E-state index in [1.165, 1.54) is 18.4 Å². The highest BCUT2D eigenvalue weighted by Gasteiger charge is 2.38. The minimum Gasteiger partial charge on any atom is -0.448 e. The number of benzene rings is 1. The van der Waals surface area contributed by atoms with Crippen LogP contribution in [-0.2, 0) is 6.42 Å². The third-order valence-electron chi connectivity index (χ3n) is 4.78. The highest BCUT2D eigenvalue weighted by molar-refractivity contribution is 5.92. The molecular formula is C20H18FN3O3. The van der Waals surface area contributed by atoms with Crippen molar-refractivity contribution in [3.05, 3.63) is 72.0 Å². The number of nitrogens with zero attached hydrogens (tertiary/aromatic N) is 3. The van der Waals surface area contributed by atoms with Gasteiger partial charge in [-0.25, -0.2) is 9.37 Å². The van der Waals surface area contributed by atoms with Crippen LogP contribution in [-0.4, -0.2) is 44.6 Å². The molecule has 138 valence electrons. The zero-order chi connectivity index (χ0) is 19.0. The molecule has 1 saturated heterocycles. The highest BCUT2D eigenvalue weighted by Crippen LogP contribution is 2.22. The maximum absolute atomic E-state index is 13.3. The summed E-state index contributed by atoms with van der Waals surface area (Å²) in [7, 11) is 0. The van der Waals surface area contributed by atoms with E-state index in [1.807, 2.05) is 18.2 Å². The van der Waals surface area contributed by atoms with Crippen LogP contribution in [0.2, 0.25) is 0 Å². The minimum absolute atomic E-state index is 0.213. The third-order valence-corrected chi connectivity index (χ3v) is 4.78. The van der Waals surface area contributed by atoms with E-state index in [0.717, 1.165) is 16.8 Å². The molecule has 27 heavy (non-hydrogen) atoms. The molecule has 2 aromatic heterocycles. The van der Waals surface area contributed by atoms with Crippen LogP contribution in [0.5, 0.6) is 0 Å². The lowest BCUT2D eigenvalue weighted by Gasteiger charge is -2.42. The molecule has 4 rings (SSSR count). The van der Waals surface area contributed by atoms with Crippen molar-refractivity contribution in [3.63, 3.8) is 0 Å². The molecule has 2 atom stereocenters. The Labute approximate surface area is 155 Å². The number of pyridine rings is 1. The molecule has 3 heterocycles. The van der Waals surface area contributed by atoms with E-state index in [2.05, 4.69) is 9.97 Å². The van der Waals surface area contributed by atoms with Crippen molar-refractivity contribution in [1.29, 1.82) is 0 Å². The molecule has 1 amide bonds. The van der Waals surface area contributed by atoms with Crippen LogP contribution in [0.3, 0.4) is 0 Å². The number of aliphatic hydroxyl groups excluding tert-OH is 1. The fraction of sp³-hybridized carbons (Fsp3) is 0.250. The molecule has 1 fully saturated rings. The summed E-state index contributed by atoms with van der Waals surface area (Å²) >= 11 is 0. The molecule has 0 bridgehead atoms. The van der Waals surface area contributed by atoms with Gasteiger partial charge in [-0.05, 0) is 30.7 Å². The lowest BCUT2D eigenvalue weighted by Crippen LogP contribution is -2.60. The monoisotopic (exact) mass is 367 g/mol. The molecule has 0 spiro atoms. The SMILES string of the molecule is C[C@H]1[C@@H](O)CN1C(=O)c1coc(Cc2ccc(-c3cccc(F)c3)cn2)n1. The van der Waals surface area contributed by atoms with E-state index in [4.69, 9.17) is 4.42 Å². The summed E-state index contributed by atoms with van der Waals surface area (Å²) in [6.45, 7) is 2.10. The van der Waals surface area contributed by atoms with Gasteiger partial charge in [-0.15, -0.1) is 0 Å². The molecule has 1 aliphatic heterocycles. The Hall–Kier alpha value is -3.06. The standard InChI is InChI=1S/C20H18FN3O3/c1-12-18(25)10-24(12)20(26)17-11-27-19(23-17)8-16-6-5-14(9-22-16)13-3-2-4-15(21)7-13/h2-7,9,11-12,18,25H,8,10H2,1H3/t12-,18-/m0/s1. The van der Waals surface area contributed by atoms with Gasteiger partial charge in [0.2, 0.25) is 5.89 Å². The fourth-order valence-electron chi connectivity index (χ4n) is 3.02. The van der Waals surface area contributed by atoms with Crippen molar-refractivity contribution in [1.82, 2.24) is 14.9 Å². The molecule has 0 radical (unpaired) electrons. The first-order chi connectivity index (χ1) is 13.0. The zero-order valence-corrected chi connectivity index (χ0v) is 14.7. The Balaban J connectivity index is 1.44. The second-order valence-electron chi connectivity index (χ2n) is 6.62. The van der Waals surface area contributed by atoms with Crippen LogP contribution < -0.4 is 0 Å². The van der Waals surface area contributed by atoms with Gasteiger partial charge in [0, 0.05) is 24.0 Å². The van der Waals surface area contributed by atoms with Crippen molar-refractivity contribution in [3.8, 4) is 11.1 Å². The molecule has 7 heteroatoms. The lowest BCUT2D eigenvalue weighted by atomic mass is 10.0. The quantitative estimate of drug-likeness (QED) is 0.767. The first-order valence-electron chi connectivity index (χ1n) is 8.65. The van der Waals surface area contributed by atoms with E-state index in [-0.39, 0.29) is 23.5 Å². The van der Waals surface area contributed by atoms with Gasteiger partial charge in [-0.1, -0.05) is 18.2 Å². The zero-order valence-electron chi connectivity index (χ0n) is 14.7. The van der Waals surface area contributed by atoms with Crippen LogP contribution in [0.1, 0.15) is 29.0 Å². The van der Waals surface area contributed by atoms with E-state index in [9.17, 15) is 14.3 Å². The van der Waals surface area contributed by atoms with Crippen molar-refractivity contribution in [2.75, 3.05) is 6.54 Å². The second kappa shape index (κ2) is 6.92. The number of oxazole rings is 1. The van der Waals surface area contributed by atoms with E-state index < -0.39 is 6.10 Å². The summed E-state index contributed by atoms with van der Waals surface area (Å²) < 4.78 is 18.7. The Morgan fingerprint density at radius 3 is 2.85 bits per heavy atom. The smallest absolute Gasteiger partial charge is 0.276 e. The summed E-state index contributed by atoms with van der Waals surface area (Å²) in [4.78, 5) is 22.5. The molecule has 1 aliphatic rings. The number of hydrogen-bond acceptors (Lipinski definition) is 5. The molecule has 0 unspecified atom stereocenters. The molecular weight excluding hydrogens is 349 g/mol. The summed E-state index contributed by atoms with van der Waals surface area (Å²) in [6, 6.07) is 9.79. The maximum atomic E-state index is 13.3. The Morgan fingerprint density at radius 1 is 1.33 bits per heavy atom. The van der Waals surface area contributed by atoms with E-state index >= 15 is 0 Å².